The zero-order valence-electron chi connectivity index (χ0n) is 10.0. The smallest absolute Gasteiger partial charge is 0.126 e. The van der Waals surface area contributed by atoms with Crippen LogP contribution in [0.2, 0.25) is 0 Å². The summed E-state index contributed by atoms with van der Waals surface area (Å²) in [6.07, 6.45) is 0. The predicted octanol–water partition coefficient (Wildman–Crippen LogP) is 4.02. The van der Waals surface area contributed by atoms with E-state index in [1.54, 1.807) is 6.07 Å². The molecular weight excluding hydrogens is 215 g/mol. The van der Waals surface area contributed by atoms with Gasteiger partial charge in [-0.3, -0.25) is 0 Å². The molecule has 88 valence electrons. The molecule has 2 heteroatoms. The Morgan fingerprint density at radius 1 is 1.00 bits per heavy atom. The number of halogens is 1. The van der Waals surface area contributed by atoms with Crippen LogP contribution in [0.4, 0.5) is 4.39 Å². The topological polar surface area (TPSA) is 9.23 Å². The van der Waals surface area contributed by atoms with E-state index in [2.05, 4.69) is 0 Å². The molecule has 2 rings (SSSR count). The van der Waals surface area contributed by atoms with E-state index in [9.17, 15) is 4.39 Å². The number of hydrogen-bond acceptors (Lipinski definition) is 1. The predicted molar refractivity (Wildman–Crippen MR) is 66.6 cm³/mol. The molecule has 0 N–H and O–H groups in total. The average Bonchev–Trinajstić information content (AvgIpc) is 2.32. The molecule has 0 aliphatic rings. The Bertz CT molecular complexity index is 520. The summed E-state index contributed by atoms with van der Waals surface area (Å²) in [5.74, 6) is 0.337. The van der Waals surface area contributed by atoms with Gasteiger partial charge in [-0.2, -0.15) is 0 Å². The first-order valence-electron chi connectivity index (χ1n) is 5.60. The van der Waals surface area contributed by atoms with Crippen LogP contribution in [-0.2, 0) is 6.61 Å². The van der Waals surface area contributed by atoms with Crippen LogP contribution in [0.5, 0.6) is 5.75 Å². The van der Waals surface area contributed by atoms with Crippen LogP contribution < -0.4 is 4.74 Å². The van der Waals surface area contributed by atoms with Gasteiger partial charge in [0.05, 0.1) is 0 Å². The van der Waals surface area contributed by atoms with Gasteiger partial charge in [0, 0.05) is 6.07 Å². The van der Waals surface area contributed by atoms with Crippen LogP contribution in [0.3, 0.4) is 0 Å². The minimum Gasteiger partial charge on any atom is -0.489 e. The van der Waals surface area contributed by atoms with Gasteiger partial charge in [-0.1, -0.05) is 30.3 Å². The molecule has 17 heavy (non-hydrogen) atoms. The lowest BCUT2D eigenvalue weighted by molar-refractivity contribution is 0.301. The van der Waals surface area contributed by atoms with Gasteiger partial charge >= 0.3 is 0 Å². The van der Waals surface area contributed by atoms with Crippen molar-refractivity contribution >= 4 is 0 Å². The van der Waals surface area contributed by atoms with E-state index < -0.39 is 0 Å². The van der Waals surface area contributed by atoms with Crippen molar-refractivity contribution in [1.29, 1.82) is 0 Å². The molecule has 2 aromatic carbocycles. The maximum atomic E-state index is 13.1. The van der Waals surface area contributed by atoms with Gasteiger partial charge in [0.15, 0.2) is 0 Å². The lowest BCUT2D eigenvalue weighted by Crippen LogP contribution is -1.99. The van der Waals surface area contributed by atoms with E-state index in [0.717, 1.165) is 11.1 Å². The maximum Gasteiger partial charge on any atom is 0.126 e. The summed E-state index contributed by atoms with van der Waals surface area (Å²) in [5, 5.41) is 0. The fourth-order valence-corrected chi connectivity index (χ4v) is 1.66. The van der Waals surface area contributed by atoms with Gasteiger partial charge in [0.25, 0.3) is 0 Å². The van der Waals surface area contributed by atoms with E-state index in [0.29, 0.717) is 12.4 Å². The van der Waals surface area contributed by atoms with Gasteiger partial charge in [-0.15, -0.1) is 0 Å². The molecule has 0 aliphatic carbocycles. The molecule has 0 bridgehead atoms. The van der Waals surface area contributed by atoms with Crippen molar-refractivity contribution in [1.82, 2.24) is 0 Å². The highest BCUT2D eigenvalue weighted by Crippen LogP contribution is 2.20. The first-order valence-corrected chi connectivity index (χ1v) is 5.60. The van der Waals surface area contributed by atoms with Crippen LogP contribution in [-0.4, -0.2) is 0 Å². The first kappa shape index (κ1) is 11.6. The summed E-state index contributed by atoms with van der Waals surface area (Å²) in [7, 11) is 0. The molecule has 0 spiro atoms. The Labute approximate surface area is 101 Å². The summed E-state index contributed by atoms with van der Waals surface area (Å²) in [5.41, 5.74) is 3.25. The van der Waals surface area contributed by atoms with Crippen molar-refractivity contribution in [2.75, 3.05) is 0 Å². The highest BCUT2D eigenvalue weighted by Gasteiger charge is 2.03. The van der Waals surface area contributed by atoms with Crippen LogP contribution in [0.1, 0.15) is 16.7 Å². The summed E-state index contributed by atoms with van der Waals surface area (Å²) < 4.78 is 18.7. The summed E-state index contributed by atoms with van der Waals surface area (Å²) in [6.45, 7) is 4.42. The van der Waals surface area contributed by atoms with Crippen molar-refractivity contribution in [3.63, 3.8) is 0 Å². The van der Waals surface area contributed by atoms with Crippen LogP contribution in [0, 0.1) is 19.7 Å². The van der Waals surface area contributed by atoms with Gasteiger partial charge in [-0.05, 0) is 36.6 Å². The van der Waals surface area contributed by atoms with E-state index in [-0.39, 0.29) is 5.82 Å². The third kappa shape index (κ3) is 2.84. The molecule has 2 aromatic rings. The molecule has 0 aromatic heterocycles. The Balaban J connectivity index is 2.12. The molecule has 0 atom stereocenters. The van der Waals surface area contributed by atoms with Gasteiger partial charge in [-0.25, -0.2) is 4.39 Å². The largest absolute Gasteiger partial charge is 0.489 e. The second kappa shape index (κ2) is 5.00. The van der Waals surface area contributed by atoms with Crippen molar-refractivity contribution in [3.8, 4) is 5.75 Å². The maximum absolute atomic E-state index is 13.1. The lowest BCUT2D eigenvalue weighted by Gasteiger charge is -2.10. The second-order valence-electron chi connectivity index (χ2n) is 4.12. The Morgan fingerprint density at radius 2 is 1.76 bits per heavy atom. The number of hydrogen-bond donors (Lipinski definition) is 0. The van der Waals surface area contributed by atoms with E-state index in [1.165, 1.54) is 17.7 Å². The third-order valence-electron chi connectivity index (χ3n) is 2.79. The minimum atomic E-state index is -0.268. The van der Waals surface area contributed by atoms with Gasteiger partial charge in [0.1, 0.15) is 18.2 Å². The van der Waals surface area contributed by atoms with Crippen molar-refractivity contribution in [3.05, 3.63) is 65.0 Å². The van der Waals surface area contributed by atoms with Crippen LogP contribution >= 0.6 is 0 Å². The zero-order valence-corrected chi connectivity index (χ0v) is 10.0. The standard InChI is InChI=1S/C15H15FO/c1-11-5-3-4-6-13(11)10-17-15-9-14(16)8-7-12(15)2/h3-9H,10H2,1-2H3. The summed E-state index contributed by atoms with van der Waals surface area (Å²) in [6, 6.07) is 12.6. The van der Waals surface area contributed by atoms with E-state index in [1.807, 2.05) is 38.1 Å². The Hall–Kier alpha value is -1.83. The number of benzene rings is 2. The fraction of sp³-hybridized carbons (Fsp3) is 0.200. The van der Waals surface area contributed by atoms with Crippen molar-refractivity contribution < 1.29 is 9.13 Å². The third-order valence-corrected chi connectivity index (χ3v) is 2.79. The molecule has 0 amide bonds. The second-order valence-corrected chi connectivity index (χ2v) is 4.12. The van der Waals surface area contributed by atoms with E-state index in [4.69, 9.17) is 4.74 Å². The molecular formula is C15H15FO. The molecule has 0 fully saturated rings. The molecule has 0 unspecified atom stereocenters. The summed E-state index contributed by atoms with van der Waals surface area (Å²) >= 11 is 0. The van der Waals surface area contributed by atoms with Gasteiger partial charge in [0.2, 0.25) is 0 Å². The first-order chi connectivity index (χ1) is 8.16. The van der Waals surface area contributed by atoms with Crippen LogP contribution in [0.25, 0.3) is 0 Å². The average molecular weight is 230 g/mol. The molecule has 0 aliphatic heterocycles. The highest BCUT2D eigenvalue weighted by atomic mass is 19.1. The fourth-order valence-electron chi connectivity index (χ4n) is 1.66. The monoisotopic (exact) mass is 230 g/mol. The molecule has 0 radical (unpaired) electrons. The molecule has 0 saturated carbocycles. The Morgan fingerprint density at radius 3 is 2.53 bits per heavy atom. The SMILES string of the molecule is Cc1ccccc1COc1cc(F)ccc1C. The number of ether oxygens (including phenoxy) is 1. The normalized spacial score (nSPS) is 10.3. The van der Waals surface area contributed by atoms with Crippen molar-refractivity contribution in [2.45, 2.75) is 20.5 Å². The lowest BCUT2D eigenvalue weighted by atomic mass is 10.1. The molecule has 1 nitrogen and oxygen atoms in total. The minimum absolute atomic E-state index is 0.268. The van der Waals surface area contributed by atoms with Crippen LogP contribution in [0.15, 0.2) is 42.5 Å². The molecule has 0 saturated heterocycles. The van der Waals surface area contributed by atoms with Gasteiger partial charge < -0.3 is 4.74 Å². The Kier molecular flexibility index (Phi) is 3.43. The highest BCUT2D eigenvalue weighted by molar-refractivity contribution is 5.33. The number of rotatable bonds is 3. The summed E-state index contributed by atoms with van der Waals surface area (Å²) in [4.78, 5) is 0. The van der Waals surface area contributed by atoms with Crippen molar-refractivity contribution in [2.24, 2.45) is 0 Å². The number of aryl methyl sites for hydroxylation is 2. The van der Waals surface area contributed by atoms with E-state index >= 15 is 0 Å². The zero-order chi connectivity index (χ0) is 12.3. The quantitative estimate of drug-likeness (QED) is 0.773. The molecule has 0 heterocycles.